The lowest BCUT2D eigenvalue weighted by Gasteiger charge is -2.46. The standard InChI is InChI=1S/C13H22N2S/c1-10(2)15(9-12-4-3-7-16-12)13-6-5-11(13)8-14/h3-4,7,10-11,13H,5-6,8-9,14H2,1-2H3. The number of hydrogen-bond acceptors (Lipinski definition) is 3. The minimum Gasteiger partial charge on any atom is -0.330 e. The molecule has 1 aliphatic carbocycles. The number of rotatable bonds is 5. The summed E-state index contributed by atoms with van der Waals surface area (Å²) in [6.07, 6.45) is 2.64. The highest BCUT2D eigenvalue weighted by atomic mass is 32.1. The van der Waals surface area contributed by atoms with Crippen LogP contribution in [0.15, 0.2) is 17.5 Å². The predicted molar refractivity (Wildman–Crippen MR) is 70.6 cm³/mol. The van der Waals surface area contributed by atoms with Crippen LogP contribution in [0.1, 0.15) is 31.6 Å². The molecule has 1 heterocycles. The summed E-state index contributed by atoms with van der Waals surface area (Å²) in [6.45, 7) is 6.52. The fourth-order valence-electron chi connectivity index (χ4n) is 2.53. The van der Waals surface area contributed by atoms with Gasteiger partial charge in [0, 0.05) is 23.5 Å². The Hall–Kier alpha value is -0.380. The molecule has 1 aromatic heterocycles. The molecule has 1 fully saturated rings. The van der Waals surface area contributed by atoms with Crippen molar-refractivity contribution in [1.82, 2.24) is 4.90 Å². The third-order valence-electron chi connectivity index (χ3n) is 3.69. The van der Waals surface area contributed by atoms with Crippen LogP contribution < -0.4 is 5.73 Å². The zero-order valence-corrected chi connectivity index (χ0v) is 11.0. The molecule has 90 valence electrons. The van der Waals surface area contributed by atoms with Crippen LogP contribution in [0.3, 0.4) is 0 Å². The number of nitrogens with zero attached hydrogens (tertiary/aromatic N) is 1. The molecule has 3 heteroatoms. The Morgan fingerprint density at radius 1 is 1.50 bits per heavy atom. The van der Waals surface area contributed by atoms with Gasteiger partial charge >= 0.3 is 0 Å². The van der Waals surface area contributed by atoms with Gasteiger partial charge < -0.3 is 5.73 Å². The van der Waals surface area contributed by atoms with E-state index in [1.807, 2.05) is 11.3 Å². The van der Waals surface area contributed by atoms with E-state index >= 15 is 0 Å². The summed E-state index contributed by atoms with van der Waals surface area (Å²) < 4.78 is 0. The molecule has 2 nitrogen and oxygen atoms in total. The molecular formula is C13H22N2S. The second-order valence-corrected chi connectivity index (χ2v) is 6.02. The molecule has 1 saturated carbocycles. The maximum absolute atomic E-state index is 5.81. The van der Waals surface area contributed by atoms with Crippen molar-refractivity contribution < 1.29 is 0 Å². The van der Waals surface area contributed by atoms with E-state index in [0.29, 0.717) is 12.1 Å². The molecule has 0 aliphatic heterocycles. The summed E-state index contributed by atoms with van der Waals surface area (Å²) in [6, 6.07) is 5.70. The zero-order valence-electron chi connectivity index (χ0n) is 10.2. The van der Waals surface area contributed by atoms with E-state index in [1.165, 1.54) is 17.7 Å². The molecule has 0 amide bonds. The lowest BCUT2D eigenvalue weighted by molar-refractivity contribution is 0.0359. The first-order chi connectivity index (χ1) is 7.72. The van der Waals surface area contributed by atoms with Gasteiger partial charge in [0.2, 0.25) is 0 Å². The summed E-state index contributed by atoms with van der Waals surface area (Å²) in [7, 11) is 0. The molecule has 0 aromatic carbocycles. The Bertz CT molecular complexity index is 306. The van der Waals surface area contributed by atoms with Gasteiger partial charge in [-0.15, -0.1) is 11.3 Å². The van der Waals surface area contributed by atoms with Crippen LogP contribution in [0.4, 0.5) is 0 Å². The first-order valence-electron chi connectivity index (χ1n) is 6.20. The van der Waals surface area contributed by atoms with Crippen molar-refractivity contribution in [3.8, 4) is 0 Å². The topological polar surface area (TPSA) is 29.3 Å². The number of hydrogen-bond donors (Lipinski definition) is 1. The van der Waals surface area contributed by atoms with E-state index in [1.54, 1.807) is 0 Å². The first-order valence-corrected chi connectivity index (χ1v) is 7.08. The second kappa shape index (κ2) is 5.30. The molecule has 0 radical (unpaired) electrons. The maximum atomic E-state index is 5.81. The molecule has 1 aliphatic rings. The normalized spacial score (nSPS) is 25.1. The quantitative estimate of drug-likeness (QED) is 0.854. The van der Waals surface area contributed by atoms with Crippen LogP contribution in [-0.2, 0) is 6.54 Å². The summed E-state index contributed by atoms with van der Waals surface area (Å²) in [5.41, 5.74) is 5.81. The van der Waals surface area contributed by atoms with Crippen molar-refractivity contribution in [2.75, 3.05) is 6.54 Å². The van der Waals surface area contributed by atoms with Gasteiger partial charge in [0.05, 0.1) is 0 Å². The Kier molecular flexibility index (Phi) is 4.00. The van der Waals surface area contributed by atoms with E-state index in [-0.39, 0.29) is 0 Å². The van der Waals surface area contributed by atoms with Crippen molar-refractivity contribution in [3.05, 3.63) is 22.4 Å². The fraction of sp³-hybridized carbons (Fsp3) is 0.692. The number of thiophene rings is 1. The maximum Gasteiger partial charge on any atom is 0.0333 e. The van der Waals surface area contributed by atoms with Crippen molar-refractivity contribution >= 4 is 11.3 Å². The Labute approximate surface area is 102 Å². The lowest BCUT2D eigenvalue weighted by atomic mass is 9.78. The third-order valence-corrected chi connectivity index (χ3v) is 4.55. The molecule has 2 rings (SSSR count). The van der Waals surface area contributed by atoms with Crippen molar-refractivity contribution in [2.24, 2.45) is 11.7 Å². The minimum absolute atomic E-state index is 0.612. The molecular weight excluding hydrogens is 216 g/mol. The third kappa shape index (κ3) is 2.47. The molecule has 0 bridgehead atoms. The van der Waals surface area contributed by atoms with Gasteiger partial charge in [-0.2, -0.15) is 0 Å². The molecule has 0 saturated heterocycles. The highest BCUT2D eigenvalue weighted by Crippen LogP contribution is 2.33. The lowest BCUT2D eigenvalue weighted by Crippen LogP contribution is -2.51. The molecule has 2 N–H and O–H groups in total. The summed E-state index contributed by atoms with van der Waals surface area (Å²) in [5.74, 6) is 0.724. The average Bonchev–Trinajstić information content (AvgIpc) is 2.68. The largest absolute Gasteiger partial charge is 0.330 e. The Morgan fingerprint density at radius 3 is 2.75 bits per heavy atom. The highest BCUT2D eigenvalue weighted by molar-refractivity contribution is 7.09. The minimum atomic E-state index is 0.612. The monoisotopic (exact) mass is 238 g/mol. The molecule has 2 unspecified atom stereocenters. The van der Waals surface area contributed by atoms with Gasteiger partial charge in [0.15, 0.2) is 0 Å². The van der Waals surface area contributed by atoms with E-state index in [2.05, 4.69) is 36.3 Å². The SMILES string of the molecule is CC(C)N(Cc1cccs1)C1CCC1CN. The highest BCUT2D eigenvalue weighted by Gasteiger charge is 2.35. The average molecular weight is 238 g/mol. The fourth-order valence-corrected chi connectivity index (χ4v) is 3.24. The second-order valence-electron chi connectivity index (χ2n) is 4.99. The summed E-state index contributed by atoms with van der Waals surface area (Å²) in [5, 5.41) is 2.16. The van der Waals surface area contributed by atoms with Gasteiger partial charge in [0.1, 0.15) is 0 Å². The number of nitrogens with two attached hydrogens (primary N) is 1. The predicted octanol–water partition coefficient (Wildman–Crippen LogP) is 2.70. The van der Waals surface area contributed by atoms with Gasteiger partial charge in [-0.3, -0.25) is 4.90 Å². The van der Waals surface area contributed by atoms with Crippen LogP contribution in [-0.4, -0.2) is 23.5 Å². The van der Waals surface area contributed by atoms with Crippen molar-refractivity contribution in [2.45, 2.75) is 45.3 Å². The van der Waals surface area contributed by atoms with Gasteiger partial charge in [-0.25, -0.2) is 0 Å². The van der Waals surface area contributed by atoms with Gasteiger partial charge in [0.25, 0.3) is 0 Å². The summed E-state index contributed by atoms with van der Waals surface area (Å²) >= 11 is 1.86. The smallest absolute Gasteiger partial charge is 0.0333 e. The summed E-state index contributed by atoms with van der Waals surface area (Å²) in [4.78, 5) is 4.09. The Morgan fingerprint density at radius 2 is 2.31 bits per heavy atom. The first kappa shape index (κ1) is 12.1. The van der Waals surface area contributed by atoms with Gasteiger partial charge in [-0.1, -0.05) is 6.07 Å². The molecule has 16 heavy (non-hydrogen) atoms. The molecule has 1 aromatic rings. The molecule has 0 spiro atoms. The van der Waals surface area contributed by atoms with Crippen molar-refractivity contribution in [3.63, 3.8) is 0 Å². The van der Waals surface area contributed by atoms with Crippen LogP contribution >= 0.6 is 11.3 Å². The van der Waals surface area contributed by atoms with E-state index in [4.69, 9.17) is 5.73 Å². The Balaban J connectivity index is 2.00. The van der Waals surface area contributed by atoms with Crippen LogP contribution in [0.2, 0.25) is 0 Å². The van der Waals surface area contributed by atoms with Crippen molar-refractivity contribution in [1.29, 1.82) is 0 Å². The van der Waals surface area contributed by atoms with Gasteiger partial charge in [-0.05, 0) is 50.6 Å². The van der Waals surface area contributed by atoms with E-state index in [9.17, 15) is 0 Å². The van der Waals surface area contributed by atoms with Crippen LogP contribution in [0, 0.1) is 5.92 Å². The van der Waals surface area contributed by atoms with E-state index < -0.39 is 0 Å². The molecule has 2 atom stereocenters. The van der Waals surface area contributed by atoms with E-state index in [0.717, 1.165) is 19.0 Å². The van der Waals surface area contributed by atoms with Crippen LogP contribution in [0.5, 0.6) is 0 Å². The zero-order chi connectivity index (χ0) is 11.5. The van der Waals surface area contributed by atoms with Crippen LogP contribution in [0.25, 0.3) is 0 Å².